The van der Waals surface area contributed by atoms with Crippen LogP contribution in [0.25, 0.3) is 33.6 Å². The Balaban J connectivity index is 0.959. The summed E-state index contributed by atoms with van der Waals surface area (Å²) < 4.78 is 4.82. The molecule has 0 aliphatic carbocycles. The lowest BCUT2D eigenvalue weighted by Gasteiger charge is -2.28. The smallest absolute Gasteiger partial charge is 0.407 e. The number of aromatic nitrogens is 4. The van der Waals surface area contributed by atoms with Gasteiger partial charge in [0.2, 0.25) is 5.91 Å². The molecule has 0 radical (unpaired) electrons. The first-order chi connectivity index (χ1) is 28.3. The molecule has 0 spiro atoms. The van der Waals surface area contributed by atoms with Gasteiger partial charge in [-0.25, -0.2) is 14.8 Å². The minimum Gasteiger partial charge on any atom is -0.453 e. The number of carbonyl (C=O) groups is 4. The molecule has 294 valence electrons. The fourth-order valence-electron chi connectivity index (χ4n) is 8.06. The quantitative estimate of drug-likeness (QED) is 0.111. The maximum absolute atomic E-state index is 13.9. The number of primary amides is 1. The Bertz CT molecular complexity index is 2410. The Kier molecular flexibility index (Phi) is 10.8. The van der Waals surface area contributed by atoms with Crippen molar-refractivity contribution in [2.24, 2.45) is 5.73 Å². The third-order valence-electron chi connectivity index (χ3n) is 11.0. The molecule has 2 fully saturated rings. The van der Waals surface area contributed by atoms with Gasteiger partial charge in [-0.05, 0) is 53.5 Å². The third kappa shape index (κ3) is 7.83. The molecule has 2 aliphatic rings. The molecule has 4 aromatic carbocycles. The van der Waals surface area contributed by atoms with E-state index in [0.717, 1.165) is 59.2 Å². The number of H-pyrrole nitrogens is 2. The van der Waals surface area contributed by atoms with E-state index in [0.29, 0.717) is 42.4 Å². The predicted molar refractivity (Wildman–Crippen MR) is 218 cm³/mol. The van der Waals surface area contributed by atoms with Crippen LogP contribution in [-0.4, -0.2) is 73.7 Å². The Morgan fingerprint density at radius 1 is 0.759 bits per heavy atom. The van der Waals surface area contributed by atoms with Crippen molar-refractivity contribution in [3.05, 3.63) is 144 Å². The van der Waals surface area contributed by atoms with E-state index in [1.807, 2.05) is 114 Å². The summed E-state index contributed by atoms with van der Waals surface area (Å²) in [7, 11) is 1.27. The number of nitrogens with zero attached hydrogens (tertiary/aromatic N) is 4. The molecule has 13 nitrogen and oxygen atoms in total. The predicted octanol–water partition coefficient (Wildman–Crippen LogP) is 6.90. The van der Waals surface area contributed by atoms with Crippen LogP contribution in [0.15, 0.2) is 115 Å². The van der Waals surface area contributed by atoms with Gasteiger partial charge in [-0.3, -0.25) is 14.4 Å². The monoisotopic (exact) mass is 776 g/mol. The number of imidazole rings is 2. The summed E-state index contributed by atoms with van der Waals surface area (Å²) in [5.41, 5.74) is 12.6. The molecule has 6 aromatic rings. The molecule has 0 saturated carbocycles. The highest BCUT2D eigenvalue weighted by molar-refractivity contribution is 5.97. The van der Waals surface area contributed by atoms with Crippen LogP contribution in [0.3, 0.4) is 0 Å². The number of ether oxygens (including phenoxy) is 1. The molecule has 13 heteroatoms. The molecule has 5 N–H and O–H groups in total. The molecule has 4 amide bonds. The highest BCUT2D eigenvalue weighted by Crippen LogP contribution is 2.36. The molecule has 2 aromatic heterocycles. The number of hydrogen-bond acceptors (Lipinski definition) is 7. The summed E-state index contributed by atoms with van der Waals surface area (Å²) in [4.78, 5) is 71.8. The number of likely N-dealkylation sites (tertiary alicyclic amines) is 2. The fourth-order valence-corrected chi connectivity index (χ4v) is 8.06. The lowest BCUT2D eigenvalue weighted by Crippen LogP contribution is -2.42. The summed E-state index contributed by atoms with van der Waals surface area (Å²) in [6.45, 7) is 1.17. The number of rotatable bonds is 11. The normalized spacial score (nSPS) is 16.9. The van der Waals surface area contributed by atoms with Crippen LogP contribution in [0.1, 0.15) is 77.1 Å². The van der Waals surface area contributed by atoms with Crippen molar-refractivity contribution < 1.29 is 23.9 Å². The molecule has 8 rings (SSSR count). The van der Waals surface area contributed by atoms with Gasteiger partial charge in [0.25, 0.3) is 11.8 Å². The number of alkyl carbamates (subject to hydrolysis) is 1. The first-order valence-electron chi connectivity index (χ1n) is 19.5. The van der Waals surface area contributed by atoms with Gasteiger partial charge in [0.15, 0.2) is 0 Å². The van der Waals surface area contributed by atoms with E-state index in [9.17, 15) is 19.2 Å². The highest BCUT2D eigenvalue weighted by atomic mass is 16.5. The molecule has 58 heavy (non-hydrogen) atoms. The van der Waals surface area contributed by atoms with Crippen molar-refractivity contribution in [2.45, 2.75) is 50.2 Å². The molecule has 2 aliphatic heterocycles. The molecular formula is C45H44N8O5. The molecule has 2 saturated heterocycles. The zero-order valence-corrected chi connectivity index (χ0v) is 32.1. The number of amides is 4. The van der Waals surface area contributed by atoms with Gasteiger partial charge in [0.05, 0.1) is 37.5 Å². The lowest BCUT2D eigenvalue weighted by molar-refractivity contribution is -0.134. The Hall–Kier alpha value is -7.02. The molecule has 3 atom stereocenters. The van der Waals surface area contributed by atoms with Gasteiger partial charge >= 0.3 is 6.09 Å². The van der Waals surface area contributed by atoms with Crippen molar-refractivity contribution in [1.29, 1.82) is 0 Å². The lowest BCUT2D eigenvalue weighted by atomic mass is 10.0. The van der Waals surface area contributed by atoms with Crippen LogP contribution in [0.4, 0.5) is 4.79 Å². The van der Waals surface area contributed by atoms with E-state index in [1.165, 1.54) is 7.11 Å². The minimum atomic E-state index is -0.891. The van der Waals surface area contributed by atoms with Crippen molar-refractivity contribution in [3.63, 3.8) is 0 Å². The summed E-state index contributed by atoms with van der Waals surface area (Å²) in [6, 6.07) is 33.3. The van der Waals surface area contributed by atoms with Crippen molar-refractivity contribution in [1.82, 2.24) is 35.1 Å². The fraction of sp³-hybridized carbons (Fsp3) is 0.244. The maximum Gasteiger partial charge on any atom is 0.407 e. The van der Waals surface area contributed by atoms with E-state index in [1.54, 1.807) is 11.1 Å². The van der Waals surface area contributed by atoms with E-state index in [-0.39, 0.29) is 29.6 Å². The van der Waals surface area contributed by atoms with Crippen LogP contribution in [-0.2, 0) is 20.7 Å². The van der Waals surface area contributed by atoms with Crippen molar-refractivity contribution in [2.75, 3.05) is 20.2 Å². The highest BCUT2D eigenvalue weighted by Gasteiger charge is 2.37. The van der Waals surface area contributed by atoms with E-state index < -0.39 is 18.0 Å². The number of hydrogen-bond donors (Lipinski definition) is 4. The zero-order valence-electron chi connectivity index (χ0n) is 32.1. The number of benzene rings is 4. The zero-order chi connectivity index (χ0) is 40.2. The summed E-state index contributed by atoms with van der Waals surface area (Å²) in [5.74, 6) is 0.420. The summed E-state index contributed by atoms with van der Waals surface area (Å²) in [6.07, 6.45) is 4.53. The molecular weight excluding hydrogens is 733 g/mol. The van der Waals surface area contributed by atoms with Gasteiger partial charge in [0, 0.05) is 18.7 Å². The number of carbonyl (C=O) groups excluding carboxylic acids is 4. The standard InChI is InChI=1S/C45H44N8O5/c1-58-45(57)51-39(32-12-6-3-7-13-32)44(56)53-25-9-14-35(53)42-47-27-34(48-42)31-20-16-29(17-21-31)30-18-22-33(23-19-30)38-40(41(46)55)50-43(49-38)36-15-8-24-52(36)37(54)26-28-10-4-2-5-11-28/h2-7,10-13,16-23,27,35-36,39H,8-9,14-15,24-26H2,1H3,(H2,46,55)(H,47,48)(H,49,50)(H,51,57)/t35-,36-,39+/m0/s1. The topological polar surface area (TPSA) is 179 Å². The van der Waals surface area contributed by atoms with Crippen LogP contribution < -0.4 is 11.1 Å². The van der Waals surface area contributed by atoms with Gasteiger partial charge in [0.1, 0.15) is 29.1 Å². The maximum atomic E-state index is 13.9. The second-order valence-electron chi connectivity index (χ2n) is 14.6. The largest absolute Gasteiger partial charge is 0.453 e. The van der Waals surface area contributed by atoms with Crippen molar-refractivity contribution >= 4 is 23.8 Å². The average Bonchev–Trinajstić information content (AvgIpc) is 4.10. The number of methoxy groups -OCH3 is 1. The van der Waals surface area contributed by atoms with E-state index in [2.05, 4.69) is 20.3 Å². The number of nitrogens with one attached hydrogen (secondary N) is 3. The molecule has 0 unspecified atom stereocenters. The van der Waals surface area contributed by atoms with Gasteiger partial charge < -0.3 is 35.6 Å². The van der Waals surface area contributed by atoms with Gasteiger partial charge in [-0.2, -0.15) is 0 Å². The van der Waals surface area contributed by atoms with Gasteiger partial charge in [-0.1, -0.05) is 109 Å². The summed E-state index contributed by atoms with van der Waals surface area (Å²) >= 11 is 0. The SMILES string of the molecule is COC(=O)N[C@@H](C(=O)N1CCC[C@H]1c1ncc(-c2ccc(-c3ccc(-c4nc([C@@H]5CCCN5C(=O)Cc5ccccc5)[nH]c4C(N)=O)cc3)cc2)[nH]1)c1ccccc1. The summed E-state index contributed by atoms with van der Waals surface area (Å²) in [5, 5.41) is 2.70. The second kappa shape index (κ2) is 16.6. The van der Waals surface area contributed by atoms with Gasteiger partial charge in [-0.15, -0.1) is 0 Å². The Morgan fingerprint density at radius 3 is 1.98 bits per heavy atom. The molecule has 0 bridgehead atoms. The minimum absolute atomic E-state index is 0.0200. The third-order valence-corrected chi connectivity index (χ3v) is 11.0. The van der Waals surface area contributed by atoms with Crippen LogP contribution >= 0.6 is 0 Å². The van der Waals surface area contributed by atoms with Crippen molar-refractivity contribution in [3.8, 4) is 33.6 Å². The van der Waals surface area contributed by atoms with Crippen LogP contribution in [0.2, 0.25) is 0 Å². The first-order valence-corrected chi connectivity index (χ1v) is 19.5. The van der Waals surface area contributed by atoms with E-state index in [4.69, 9.17) is 15.5 Å². The second-order valence-corrected chi connectivity index (χ2v) is 14.6. The molecule has 4 heterocycles. The first kappa shape index (κ1) is 37.9. The van der Waals surface area contributed by atoms with Crippen LogP contribution in [0, 0.1) is 0 Å². The van der Waals surface area contributed by atoms with Crippen LogP contribution in [0.5, 0.6) is 0 Å². The average molecular weight is 777 g/mol. The Morgan fingerprint density at radius 2 is 1.34 bits per heavy atom. The Labute approximate surface area is 335 Å². The number of aromatic amines is 2. The number of nitrogens with two attached hydrogens (primary N) is 1. The van der Waals surface area contributed by atoms with E-state index >= 15 is 0 Å².